The summed E-state index contributed by atoms with van der Waals surface area (Å²) in [7, 11) is -3.77. The molecule has 1 heterocycles. The topological polar surface area (TPSA) is 58.2 Å². The minimum atomic E-state index is -3.77. The van der Waals surface area contributed by atoms with E-state index in [1.165, 1.54) is 0 Å². The smallest absolute Gasteiger partial charge is 0.261 e. The zero-order valence-electron chi connectivity index (χ0n) is 16.4. The normalized spacial score (nSPS) is 21.8. The monoisotopic (exact) mass is 470 g/mol. The van der Waals surface area contributed by atoms with E-state index in [1.54, 1.807) is 36.4 Å². The SMILES string of the molecule is O=S(=O)(Nc1ccccc1Cl)c1ccc2c(c1)[C@H]1C=CC[C@H]1[C@@H](c1cccc(Cl)c1)N2. The molecule has 0 spiro atoms. The van der Waals surface area contributed by atoms with Crippen LogP contribution in [0.1, 0.15) is 29.5 Å². The summed E-state index contributed by atoms with van der Waals surface area (Å²) in [6, 6.07) is 20.0. The first-order valence-corrected chi connectivity index (χ1v) is 12.3. The Balaban J connectivity index is 1.51. The molecular weight excluding hydrogens is 451 g/mol. The summed E-state index contributed by atoms with van der Waals surface area (Å²) in [5.41, 5.74) is 3.42. The lowest BCUT2D eigenvalue weighted by Gasteiger charge is -2.37. The highest BCUT2D eigenvalue weighted by Crippen LogP contribution is 2.50. The molecule has 5 rings (SSSR count). The van der Waals surface area contributed by atoms with Gasteiger partial charge in [0.15, 0.2) is 0 Å². The maximum Gasteiger partial charge on any atom is 0.261 e. The molecule has 4 nitrogen and oxygen atoms in total. The number of anilines is 2. The van der Waals surface area contributed by atoms with E-state index >= 15 is 0 Å². The fraction of sp³-hybridized carbons (Fsp3) is 0.167. The van der Waals surface area contributed by atoms with Crippen molar-refractivity contribution in [2.75, 3.05) is 10.0 Å². The van der Waals surface area contributed by atoms with Crippen LogP contribution in [0.3, 0.4) is 0 Å². The molecule has 0 amide bonds. The van der Waals surface area contributed by atoms with Gasteiger partial charge in [0.25, 0.3) is 10.0 Å². The zero-order chi connectivity index (χ0) is 21.6. The molecule has 3 atom stereocenters. The summed E-state index contributed by atoms with van der Waals surface area (Å²) in [4.78, 5) is 0.216. The number of para-hydroxylation sites is 1. The van der Waals surface area contributed by atoms with Crippen molar-refractivity contribution < 1.29 is 8.42 Å². The molecule has 2 N–H and O–H groups in total. The van der Waals surface area contributed by atoms with E-state index in [2.05, 4.69) is 28.3 Å². The molecule has 0 saturated heterocycles. The van der Waals surface area contributed by atoms with Gasteiger partial charge in [0, 0.05) is 16.6 Å². The van der Waals surface area contributed by atoms with E-state index in [4.69, 9.17) is 23.2 Å². The first-order valence-electron chi connectivity index (χ1n) is 10.0. The average molecular weight is 471 g/mol. The molecule has 0 radical (unpaired) electrons. The largest absolute Gasteiger partial charge is 0.378 e. The summed E-state index contributed by atoms with van der Waals surface area (Å²) in [5.74, 6) is 0.427. The third-order valence-corrected chi connectivity index (χ3v) is 7.90. The third-order valence-electron chi connectivity index (χ3n) is 5.97. The summed E-state index contributed by atoms with van der Waals surface area (Å²) < 4.78 is 28.7. The van der Waals surface area contributed by atoms with E-state index in [9.17, 15) is 8.42 Å². The highest BCUT2D eigenvalue weighted by atomic mass is 35.5. The lowest BCUT2D eigenvalue weighted by Crippen LogP contribution is -2.29. The highest BCUT2D eigenvalue weighted by Gasteiger charge is 2.38. The molecule has 0 unspecified atom stereocenters. The standard InChI is InChI=1S/C24H20Cl2N2O2S/c25-16-6-3-5-15(13-16)24-19-8-4-7-18(19)20-14-17(11-12-22(20)27-24)31(29,30)28-23-10-2-1-9-21(23)26/h1-7,9-14,18-19,24,27-28H,8H2/t18-,19+,24+/m0/s1. The van der Waals surface area contributed by atoms with Gasteiger partial charge in [-0.1, -0.05) is 59.6 Å². The Hall–Kier alpha value is -2.47. The van der Waals surface area contributed by atoms with Crippen molar-refractivity contribution in [1.29, 1.82) is 0 Å². The number of hydrogen-bond acceptors (Lipinski definition) is 3. The van der Waals surface area contributed by atoms with Gasteiger partial charge in [0.2, 0.25) is 0 Å². The number of rotatable bonds is 4. The van der Waals surface area contributed by atoms with Gasteiger partial charge in [-0.2, -0.15) is 0 Å². The summed E-state index contributed by atoms with van der Waals surface area (Å²) in [6.45, 7) is 0. The number of benzene rings is 3. The lowest BCUT2D eigenvalue weighted by molar-refractivity contribution is 0.425. The fourth-order valence-corrected chi connectivity index (χ4v) is 6.07. The second-order valence-corrected chi connectivity index (χ2v) is 10.4. The second kappa shape index (κ2) is 7.90. The van der Waals surface area contributed by atoms with Crippen LogP contribution in [0, 0.1) is 5.92 Å². The van der Waals surface area contributed by atoms with Gasteiger partial charge in [-0.05, 0) is 65.9 Å². The Bertz CT molecular complexity index is 1290. The Labute approximate surface area is 192 Å². The number of nitrogens with one attached hydrogen (secondary N) is 2. The van der Waals surface area contributed by atoms with Gasteiger partial charge in [-0.15, -0.1) is 0 Å². The van der Waals surface area contributed by atoms with Crippen LogP contribution in [0.25, 0.3) is 0 Å². The molecule has 0 aromatic heterocycles. The molecular formula is C24H20Cl2N2O2S. The van der Waals surface area contributed by atoms with Gasteiger partial charge < -0.3 is 5.32 Å². The highest BCUT2D eigenvalue weighted by molar-refractivity contribution is 7.92. The van der Waals surface area contributed by atoms with Gasteiger partial charge in [-0.25, -0.2) is 8.42 Å². The predicted octanol–water partition coefficient (Wildman–Crippen LogP) is 6.62. The van der Waals surface area contributed by atoms with Crippen molar-refractivity contribution in [1.82, 2.24) is 0 Å². The van der Waals surface area contributed by atoms with Crippen molar-refractivity contribution in [2.45, 2.75) is 23.3 Å². The first kappa shape index (κ1) is 20.4. The minimum absolute atomic E-state index is 0.106. The number of allylic oxidation sites excluding steroid dienone is 2. The van der Waals surface area contributed by atoms with Crippen LogP contribution in [0.5, 0.6) is 0 Å². The van der Waals surface area contributed by atoms with Gasteiger partial charge in [0.05, 0.1) is 21.6 Å². The van der Waals surface area contributed by atoms with Crippen molar-refractivity contribution in [3.05, 3.63) is 100 Å². The Morgan fingerprint density at radius 2 is 1.81 bits per heavy atom. The summed E-state index contributed by atoms with van der Waals surface area (Å²) >= 11 is 12.4. The minimum Gasteiger partial charge on any atom is -0.378 e. The number of halogens is 2. The van der Waals surface area contributed by atoms with Crippen LogP contribution in [0.4, 0.5) is 11.4 Å². The second-order valence-electron chi connectivity index (χ2n) is 7.86. The Morgan fingerprint density at radius 1 is 0.968 bits per heavy atom. The van der Waals surface area contributed by atoms with Crippen LogP contribution in [0.2, 0.25) is 10.0 Å². The average Bonchev–Trinajstić information content (AvgIpc) is 3.24. The molecule has 0 fully saturated rings. The van der Waals surface area contributed by atoms with E-state index in [0.717, 1.165) is 23.2 Å². The maximum atomic E-state index is 13.0. The van der Waals surface area contributed by atoms with E-state index < -0.39 is 10.0 Å². The number of fused-ring (bicyclic) bond motifs is 3. The van der Waals surface area contributed by atoms with Crippen molar-refractivity contribution in [2.24, 2.45) is 5.92 Å². The third kappa shape index (κ3) is 3.82. The molecule has 3 aromatic carbocycles. The molecule has 158 valence electrons. The zero-order valence-corrected chi connectivity index (χ0v) is 18.8. The molecule has 3 aromatic rings. The van der Waals surface area contributed by atoms with Crippen LogP contribution in [0.15, 0.2) is 83.8 Å². The molecule has 0 bridgehead atoms. The Kier molecular flexibility index (Phi) is 5.21. The van der Waals surface area contributed by atoms with Crippen molar-refractivity contribution in [3.8, 4) is 0 Å². The molecule has 31 heavy (non-hydrogen) atoms. The number of sulfonamides is 1. The quantitative estimate of drug-likeness (QED) is 0.421. The van der Waals surface area contributed by atoms with Gasteiger partial charge in [-0.3, -0.25) is 4.72 Å². The molecule has 0 saturated carbocycles. The van der Waals surface area contributed by atoms with Crippen LogP contribution >= 0.6 is 23.2 Å². The number of hydrogen-bond donors (Lipinski definition) is 2. The molecule has 2 aliphatic rings. The first-order chi connectivity index (χ1) is 14.9. The Morgan fingerprint density at radius 3 is 2.61 bits per heavy atom. The van der Waals surface area contributed by atoms with Crippen LogP contribution in [-0.4, -0.2) is 8.42 Å². The summed E-state index contributed by atoms with van der Waals surface area (Å²) in [5, 5.41) is 4.68. The fourth-order valence-electron chi connectivity index (χ4n) is 4.52. The molecule has 1 aliphatic heterocycles. The van der Waals surface area contributed by atoms with Crippen LogP contribution in [-0.2, 0) is 10.0 Å². The lowest BCUT2D eigenvalue weighted by atomic mass is 9.77. The van der Waals surface area contributed by atoms with Crippen molar-refractivity contribution >= 4 is 44.6 Å². The van der Waals surface area contributed by atoms with Crippen molar-refractivity contribution in [3.63, 3.8) is 0 Å². The predicted molar refractivity (Wildman–Crippen MR) is 127 cm³/mol. The van der Waals surface area contributed by atoms with Crippen LogP contribution < -0.4 is 10.0 Å². The molecule has 7 heteroatoms. The summed E-state index contributed by atoms with van der Waals surface area (Å²) in [6.07, 6.45) is 5.27. The molecule has 1 aliphatic carbocycles. The van der Waals surface area contributed by atoms with E-state index in [1.807, 2.05) is 24.3 Å². The maximum absolute atomic E-state index is 13.0. The van der Waals surface area contributed by atoms with E-state index in [0.29, 0.717) is 21.7 Å². The van der Waals surface area contributed by atoms with Gasteiger partial charge in [0.1, 0.15) is 0 Å². The van der Waals surface area contributed by atoms with E-state index in [-0.39, 0.29) is 16.9 Å². The van der Waals surface area contributed by atoms with Gasteiger partial charge >= 0.3 is 0 Å².